The van der Waals surface area contributed by atoms with Gasteiger partial charge in [0.15, 0.2) is 6.10 Å². The molecule has 1 atom stereocenters. The molecule has 148 valence electrons. The maximum Gasteiger partial charge on any atom is 0.351 e. The van der Waals surface area contributed by atoms with Crippen molar-refractivity contribution >= 4 is 28.4 Å². The lowest BCUT2D eigenvalue weighted by molar-refractivity contribution is -0.384. The van der Waals surface area contributed by atoms with Crippen molar-refractivity contribution in [2.24, 2.45) is 0 Å². The summed E-state index contributed by atoms with van der Waals surface area (Å²) in [5.74, 6) is -0.975. The molecule has 3 rings (SSSR count). The smallest absolute Gasteiger partial charge is 0.351 e. The Labute approximate surface area is 163 Å². The van der Waals surface area contributed by atoms with Crippen LogP contribution < -0.4 is 10.4 Å². The maximum atomic E-state index is 12.4. The zero-order valence-electron chi connectivity index (χ0n) is 15.4. The van der Waals surface area contributed by atoms with Gasteiger partial charge in [0, 0.05) is 23.1 Å². The number of esters is 1. The first-order chi connectivity index (χ1) is 13.8. The number of benzene rings is 2. The number of carbonyl (C=O) groups excluding carboxylic acids is 2. The van der Waals surface area contributed by atoms with Crippen molar-refractivity contribution in [3.63, 3.8) is 0 Å². The van der Waals surface area contributed by atoms with Gasteiger partial charge in [-0.3, -0.25) is 14.9 Å². The normalized spacial score (nSPS) is 11.7. The lowest BCUT2D eigenvalue weighted by Crippen LogP contribution is -2.27. The van der Waals surface area contributed by atoms with Crippen LogP contribution in [-0.2, 0) is 4.74 Å². The molecule has 29 heavy (non-hydrogen) atoms. The summed E-state index contributed by atoms with van der Waals surface area (Å²) in [6.45, 7) is 1.37. The number of nitro benzene ring substituents is 1. The lowest BCUT2D eigenvalue weighted by atomic mass is 10.1. The molecule has 0 spiro atoms. The van der Waals surface area contributed by atoms with Gasteiger partial charge in [0.05, 0.1) is 12.0 Å². The van der Waals surface area contributed by atoms with Gasteiger partial charge in [-0.05, 0) is 43.3 Å². The van der Waals surface area contributed by atoms with E-state index in [-0.39, 0.29) is 16.7 Å². The Hall–Kier alpha value is -4.01. The van der Waals surface area contributed by atoms with E-state index in [0.717, 1.165) is 6.07 Å². The lowest BCUT2D eigenvalue weighted by Gasteiger charge is -2.12. The molecule has 0 aliphatic rings. The van der Waals surface area contributed by atoms with Crippen molar-refractivity contribution in [2.45, 2.75) is 13.0 Å². The fourth-order valence-electron chi connectivity index (χ4n) is 2.63. The summed E-state index contributed by atoms with van der Waals surface area (Å²) in [4.78, 5) is 47.2. The molecule has 0 saturated carbocycles. The fourth-order valence-corrected chi connectivity index (χ4v) is 2.63. The number of non-ortho nitro benzene ring substituents is 1. The van der Waals surface area contributed by atoms with Crippen LogP contribution >= 0.6 is 0 Å². The van der Waals surface area contributed by atoms with Crippen molar-refractivity contribution in [3.05, 3.63) is 80.2 Å². The minimum absolute atomic E-state index is 0.0829. The van der Waals surface area contributed by atoms with Crippen LogP contribution in [0.5, 0.6) is 5.75 Å². The molecule has 0 aliphatic heterocycles. The molecule has 0 N–H and O–H groups in total. The second-order valence-corrected chi connectivity index (χ2v) is 6.07. The van der Waals surface area contributed by atoms with E-state index >= 15 is 0 Å². The number of ether oxygens (including phenoxy) is 2. The van der Waals surface area contributed by atoms with E-state index in [4.69, 9.17) is 13.9 Å². The number of nitrogens with zero attached hydrogens (tertiary/aromatic N) is 1. The monoisotopic (exact) mass is 397 g/mol. The van der Waals surface area contributed by atoms with Gasteiger partial charge in [-0.2, -0.15) is 0 Å². The number of nitro groups is 1. The molecule has 0 radical (unpaired) electrons. The van der Waals surface area contributed by atoms with Crippen LogP contribution in [0.2, 0.25) is 0 Å². The molecule has 0 saturated heterocycles. The third kappa shape index (κ3) is 4.13. The molecule has 0 aliphatic carbocycles. The number of carbonyl (C=O) groups is 2. The Morgan fingerprint density at radius 1 is 1.10 bits per heavy atom. The summed E-state index contributed by atoms with van der Waals surface area (Å²) in [5.41, 5.74) is -1.28. The Bertz CT molecular complexity index is 1160. The molecule has 1 heterocycles. The molecular weight excluding hydrogens is 382 g/mol. The minimum atomic E-state index is -1.17. The van der Waals surface area contributed by atoms with E-state index in [0.29, 0.717) is 11.3 Å². The zero-order chi connectivity index (χ0) is 21.1. The molecule has 0 amide bonds. The number of rotatable bonds is 6. The van der Waals surface area contributed by atoms with E-state index in [1.54, 1.807) is 12.1 Å². The highest BCUT2D eigenvalue weighted by Gasteiger charge is 2.23. The van der Waals surface area contributed by atoms with E-state index in [2.05, 4.69) is 0 Å². The zero-order valence-corrected chi connectivity index (χ0v) is 15.4. The van der Waals surface area contributed by atoms with Gasteiger partial charge in [-0.25, -0.2) is 9.59 Å². The van der Waals surface area contributed by atoms with Crippen molar-refractivity contribution in [1.82, 2.24) is 0 Å². The van der Waals surface area contributed by atoms with Gasteiger partial charge < -0.3 is 13.9 Å². The van der Waals surface area contributed by atoms with E-state index in [9.17, 15) is 24.5 Å². The standard InChI is InChI=1S/C20H15NO8/c1-11(18(22)12-3-6-15(27-2)7-4-12)28-19(23)16-10-13-9-14(21(25)26)5-8-17(13)29-20(16)24/h3-11H,1-2H3/t11-/m0/s1. The second kappa shape index (κ2) is 7.93. The topological polar surface area (TPSA) is 126 Å². The van der Waals surface area contributed by atoms with Crippen LogP contribution in [0.3, 0.4) is 0 Å². The summed E-state index contributed by atoms with van der Waals surface area (Å²) >= 11 is 0. The number of hydrogen-bond acceptors (Lipinski definition) is 8. The number of hydrogen-bond donors (Lipinski definition) is 0. The van der Waals surface area contributed by atoms with Gasteiger partial charge in [-0.1, -0.05) is 0 Å². The highest BCUT2D eigenvalue weighted by Crippen LogP contribution is 2.21. The van der Waals surface area contributed by atoms with Gasteiger partial charge >= 0.3 is 11.6 Å². The highest BCUT2D eigenvalue weighted by molar-refractivity contribution is 6.01. The quantitative estimate of drug-likeness (QED) is 0.204. The van der Waals surface area contributed by atoms with Crippen LogP contribution in [0.4, 0.5) is 5.69 Å². The molecule has 2 aromatic carbocycles. The van der Waals surface area contributed by atoms with E-state index < -0.39 is 34.0 Å². The predicted molar refractivity (Wildman–Crippen MR) is 101 cm³/mol. The summed E-state index contributed by atoms with van der Waals surface area (Å²) in [6, 6.07) is 11.0. The third-order valence-corrected chi connectivity index (χ3v) is 4.17. The van der Waals surface area contributed by atoms with Crippen LogP contribution in [0.25, 0.3) is 11.0 Å². The number of ketones is 1. The average Bonchev–Trinajstić information content (AvgIpc) is 2.72. The first-order valence-corrected chi connectivity index (χ1v) is 8.41. The second-order valence-electron chi connectivity index (χ2n) is 6.07. The van der Waals surface area contributed by atoms with E-state index in [1.807, 2.05) is 0 Å². The van der Waals surface area contributed by atoms with Crippen molar-refractivity contribution in [1.29, 1.82) is 0 Å². The SMILES string of the molecule is COc1ccc(C(=O)[C@H](C)OC(=O)c2cc3cc([N+](=O)[O-])ccc3oc2=O)cc1. The predicted octanol–water partition coefficient (Wildman–Crippen LogP) is 3.14. The molecule has 9 nitrogen and oxygen atoms in total. The Morgan fingerprint density at radius 3 is 2.41 bits per heavy atom. The molecule has 3 aromatic rings. The molecule has 0 unspecified atom stereocenters. The van der Waals surface area contributed by atoms with Crippen molar-refractivity contribution < 1.29 is 28.4 Å². The molecular formula is C20H15NO8. The molecule has 1 aromatic heterocycles. The summed E-state index contributed by atoms with van der Waals surface area (Å²) in [6.07, 6.45) is -1.17. The Balaban J connectivity index is 1.84. The van der Waals surface area contributed by atoms with Crippen LogP contribution in [0.15, 0.2) is 57.7 Å². The summed E-state index contributed by atoms with van der Waals surface area (Å²) in [5, 5.41) is 11.1. The highest BCUT2D eigenvalue weighted by atomic mass is 16.6. The van der Waals surface area contributed by atoms with Gasteiger partial charge in [0.2, 0.25) is 5.78 Å². The largest absolute Gasteiger partial charge is 0.497 e. The molecule has 0 bridgehead atoms. The number of Topliss-reactive ketones (excluding diaryl/α,β-unsaturated/α-hetero) is 1. The van der Waals surface area contributed by atoms with Crippen LogP contribution in [0.1, 0.15) is 27.6 Å². The average molecular weight is 397 g/mol. The van der Waals surface area contributed by atoms with Gasteiger partial charge in [0.1, 0.15) is 16.9 Å². The Morgan fingerprint density at radius 2 is 1.79 bits per heavy atom. The summed E-state index contributed by atoms with van der Waals surface area (Å²) in [7, 11) is 1.49. The van der Waals surface area contributed by atoms with Crippen LogP contribution in [-0.4, -0.2) is 29.9 Å². The first-order valence-electron chi connectivity index (χ1n) is 8.41. The summed E-state index contributed by atoms with van der Waals surface area (Å²) < 4.78 is 15.1. The maximum absolute atomic E-state index is 12.4. The number of fused-ring (bicyclic) bond motifs is 1. The molecule has 0 fully saturated rings. The van der Waals surface area contributed by atoms with Gasteiger partial charge in [0.25, 0.3) is 5.69 Å². The number of methoxy groups -OCH3 is 1. The Kier molecular flexibility index (Phi) is 5.40. The van der Waals surface area contributed by atoms with Crippen molar-refractivity contribution in [3.8, 4) is 5.75 Å². The van der Waals surface area contributed by atoms with Gasteiger partial charge in [-0.15, -0.1) is 0 Å². The van der Waals surface area contributed by atoms with Crippen LogP contribution in [0, 0.1) is 10.1 Å². The van der Waals surface area contributed by atoms with E-state index in [1.165, 1.54) is 44.4 Å². The first kappa shape index (κ1) is 19.7. The minimum Gasteiger partial charge on any atom is -0.497 e. The fraction of sp³-hybridized carbons (Fsp3) is 0.150. The third-order valence-electron chi connectivity index (χ3n) is 4.17. The van der Waals surface area contributed by atoms with Crippen molar-refractivity contribution in [2.75, 3.05) is 7.11 Å². The molecule has 9 heteroatoms.